The van der Waals surface area contributed by atoms with Crippen LogP contribution in [-0.4, -0.2) is 50.7 Å². The van der Waals surface area contributed by atoms with Gasteiger partial charge < -0.3 is 19.8 Å². The molecule has 1 unspecified atom stereocenters. The van der Waals surface area contributed by atoms with Crippen molar-refractivity contribution < 1.29 is 9.15 Å². The van der Waals surface area contributed by atoms with Crippen molar-refractivity contribution in [3.63, 3.8) is 0 Å². The number of ether oxygens (including phenoxy) is 1. The summed E-state index contributed by atoms with van der Waals surface area (Å²) in [4.78, 5) is 6.80. The van der Waals surface area contributed by atoms with Gasteiger partial charge in [0.2, 0.25) is 0 Å². The van der Waals surface area contributed by atoms with Crippen molar-refractivity contribution in [1.29, 1.82) is 0 Å². The van der Waals surface area contributed by atoms with Gasteiger partial charge in [0.15, 0.2) is 5.96 Å². The number of likely N-dealkylation sites (N-methyl/N-ethyl adjacent to an activating group) is 1. The number of hydrogen-bond acceptors (Lipinski definition) is 5. The molecule has 0 radical (unpaired) electrons. The predicted octanol–water partition coefficient (Wildman–Crippen LogP) is 4.11. The van der Waals surface area contributed by atoms with E-state index in [2.05, 4.69) is 51.2 Å². The molecule has 2 aromatic rings. The number of hydrogen-bond donors (Lipinski definition) is 2. The van der Waals surface area contributed by atoms with E-state index < -0.39 is 0 Å². The Morgan fingerprint density at radius 3 is 2.71 bits per heavy atom. The number of nitrogens with zero attached hydrogens (tertiary/aromatic N) is 2. The van der Waals surface area contributed by atoms with Crippen LogP contribution in [0.25, 0.3) is 0 Å². The standard InChI is InChI=1S/C20H32N4O2S.HI/c1-4-24(5-2)19(17-9-13-27-16-17)14-23-20(21-3)22-10-7-11-25-15-18-8-6-12-26-18;/h6,8-9,12-13,16,19H,4-5,7,10-11,14-15H2,1-3H3,(H2,21,22,23);1H. The highest BCUT2D eigenvalue weighted by Gasteiger charge is 2.18. The second kappa shape index (κ2) is 14.8. The maximum atomic E-state index is 5.60. The smallest absolute Gasteiger partial charge is 0.191 e. The molecule has 0 amide bonds. The molecule has 0 aliphatic carbocycles. The average Bonchev–Trinajstić information content (AvgIpc) is 3.40. The first kappa shape index (κ1) is 24.9. The van der Waals surface area contributed by atoms with E-state index in [1.807, 2.05) is 12.1 Å². The van der Waals surface area contributed by atoms with Gasteiger partial charge >= 0.3 is 0 Å². The maximum Gasteiger partial charge on any atom is 0.191 e. The van der Waals surface area contributed by atoms with Gasteiger partial charge in [-0.15, -0.1) is 24.0 Å². The van der Waals surface area contributed by atoms with Gasteiger partial charge in [-0.3, -0.25) is 9.89 Å². The molecule has 0 aliphatic rings. The highest BCUT2D eigenvalue weighted by molar-refractivity contribution is 14.0. The molecule has 0 aliphatic heterocycles. The number of furan rings is 1. The topological polar surface area (TPSA) is 62.0 Å². The van der Waals surface area contributed by atoms with Crippen molar-refractivity contribution in [1.82, 2.24) is 15.5 Å². The fourth-order valence-electron chi connectivity index (χ4n) is 2.95. The fourth-order valence-corrected chi connectivity index (χ4v) is 3.66. The zero-order valence-electron chi connectivity index (χ0n) is 17.0. The van der Waals surface area contributed by atoms with E-state index in [9.17, 15) is 0 Å². The van der Waals surface area contributed by atoms with Crippen LogP contribution in [0.1, 0.15) is 37.6 Å². The SMILES string of the molecule is CCN(CC)C(CNC(=NC)NCCCOCc1ccco1)c1ccsc1.I. The Labute approximate surface area is 189 Å². The first-order chi connectivity index (χ1) is 13.3. The maximum absolute atomic E-state index is 5.60. The minimum atomic E-state index is 0. The zero-order valence-corrected chi connectivity index (χ0v) is 20.2. The van der Waals surface area contributed by atoms with Gasteiger partial charge in [-0.1, -0.05) is 13.8 Å². The second-order valence-electron chi connectivity index (χ2n) is 6.16. The van der Waals surface area contributed by atoms with Crippen LogP contribution >= 0.6 is 35.3 Å². The summed E-state index contributed by atoms with van der Waals surface area (Å²) >= 11 is 1.75. The summed E-state index contributed by atoms with van der Waals surface area (Å²) in [5, 5.41) is 11.2. The summed E-state index contributed by atoms with van der Waals surface area (Å²) in [6.45, 7) is 9.31. The van der Waals surface area contributed by atoms with Crippen LogP contribution in [0.3, 0.4) is 0 Å². The third kappa shape index (κ3) is 8.50. The molecule has 0 saturated heterocycles. The van der Waals surface area contributed by atoms with Crippen LogP contribution in [0.15, 0.2) is 44.6 Å². The summed E-state index contributed by atoms with van der Waals surface area (Å²) in [5.74, 6) is 1.68. The minimum Gasteiger partial charge on any atom is -0.467 e. The average molecular weight is 520 g/mol. The normalized spacial score (nSPS) is 12.6. The quantitative estimate of drug-likeness (QED) is 0.191. The molecule has 0 aromatic carbocycles. The van der Waals surface area contributed by atoms with Gasteiger partial charge in [0.1, 0.15) is 12.4 Å². The van der Waals surface area contributed by atoms with Gasteiger partial charge in [0.25, 0.3) is 0 Å². The molecule has 2 N–H and O–H groups in total. The Balaban J connectivity index is 0.00000392. The summed E-state index contributed by atoms with van der Waals surface area (Å²) in [5.41, 5.74) is 1.36. The van der Waals surface area contributed by atoms with E-state index in [0.717, 1.165) is 44.3 Å². The zero-order chi connectivity index (χ0) is 19.3. The number of thiophene rings is 1. The van der Waals surface area contributed by atoms with Crippen LogP contribution < -0.4 is 10.6 Å². The number of halogens is 1. The predicted molar refractivity (Wildman–Crippen MR) is 128 cm³/mol. The number of guanidine groups is 1. The monoisotopic (exact) mass is 520 g/mol. The van der Waals surface area contributed by atoms with Gasteiger partial charge in [0, 0.05) is 26.7 Å². The first-order valence-corrected chi connectivity index (χ1v) is 10.5. The van der Waals surface area contributed by atoms with E-state index in [1.54, 1.807) is 24.6 Å². The van der Waals surface area contributed by atoms with Crippen LogP contribution in [0.2, 0.25) is 0 Å². The van der Waals surface area contributed by atoms with Crippen molar-refractivity contribution in [2.75, 3.05) is 39.8 Å². The van der Waals surface area contributed by atoms with Gasteiger partial charge in [-0.2, -0.15) is 11.3 Å². The molecule has 1 atom stereocenters. The molecule has 158 valence electrons. The van der Waals surface area contributed by atoms with Crippen molar-refractivity contribution in [2.24, 2.45) is 4.99 Å². The summed E-state index contributed by atoms with van der Waals surface area (Å²) < 4.78 is 10.8. The summed E-state index contributed by atoms with van der Waals surface area (Å²) in [6.07, 6.45) is 2.57. The van der Waals surface area contributed by atoms with Crippen LogP contribution in [0.4, 0.5) is 0 Å². The van der Waals surface area contributed by atoms with E-state index in [4.69, 9.17) is 9.15 Å². The third-order valence-electron chi connectivity index (χ3n) is 4.45. The highest BCUT2D eigenvalue weighted by atomic mass is 127. The molecule has 2 aromatic heterocycles. The lowest BCUT2D eigenvalue weighted by Gasteiger charge is -2.30. The molecule has 2 rings (SSSR count). The fraction of sp³-hybridized carbons (Fsp3) is 0.550. The summed E-state index contributed by atoms with van der Waals surface area (Å²) in [6, 6.07) is 6.35. The Kier molecular flexibility index (Phi) is 13.2. The third-order valence-corrected chi connectivity index (χ3v) is 5.15. The largest absolute Gasteiger partial charge is 0.467 e. The van der Waals surface area contributed by atoms with Crippen molar-refractivity contribution in [3.05, 3.63) is 46.5 Å². The minimum absolute atomic E-state index is 0. The Morgan fingerprint density at radius 2 is 2.11 bits per heavy atom. The molecule has 0 saturated carbocycles. The molecule has 0 fully saturated rings. The van der Waals surface area contributed by atoms with Crippen molar-refractivity contribution in [2.45, 2.75) is 32.9 Å². The van der Waals surface area contributed by atoms with E-state index in [1.165, 1.54) is 5.56 Å². The van der Waals surface area contributed by atoms with E-state index in [-0.39, 0.29) is 24.0 Å². The molecular formula is C20H33IN4O2S. The Bertz CT molecular complexity index is 631. The lowest BCUT2D eigenvalue weighted by atomic mass is 10.1. The molecule has 2 heterocycles. The van der Waals surface area contributed by atoms with Crippen LogP contribution in [0, 0.1) is 0 Å². The molecule has 0 spiro atoms. The van der Waals surface area contributed by atoms with E-state index in [0.29, 0.717) is 19.3 Å². The van der Waals surface area contributed by atoms with Crippen LogP contribution in [0.5, 0.6) is 0 Å². The number of aliphatic imine (C=N–C) groups is 1. The Hall–Kier alpha value is -1.10. The number of rotatable bonds is 12. The molecule has 6 nitrogen and oxygen atoms in total. The van der Waals surface area contributed by atoms with Crippen molar-refractivity contribution in [3.8, 4) is 0 Å². The first-order valence-electron chi connectivity index (χ1n) is 9.59. The van der Waals surface area contributed by atoms with Crippen LogP contribution in [-0.2, 0) is 11.3 Å². The second-order valence-corrected chi connectivity index (χ2v) is 6.94. The number of nitrogens with one attached hydrogen (secondary N) is 2. The van der Waals surface area contributed by atoms with Gasteiger partial charge in [-0.05, 0) is 54.0 Å². The van der Waals surface area contributed by atoms with Gasteiger partial charge in [0.05, 0.1) is 12.3 Å². The lowest BCUT2D eigenvalue weighted by molar-refractivity contribution is 0.105. The van der Waals surface area contributed by atoms with Crippen molar-refractivity contribution >= 4 is 41.3 Å². The highest BCUT2D eigenvalue weighted by Crippen LogP contribution is 2.22. The Morgan fingerprint density at radius 1 is 1.29 bits per heavy atom. The molecule has 0 bridgehead atoms. The molecule has 8 heteroatoms. The van der Waals surface area contributed by atoms with E-state index >= 15 is 0 Å². The lowest BCUT2D eigenvalue weighted by Crippen LogP contribution is -2.43. The molecular weight excluding hydrogens is 487 g/mol. The molecule has 28 heavy (non-hydrogen) atoms. The van der Waals surface area contributed by atoms with Gasteiger partial charge in [-0.25, -0.2) is 0 Å². The summed E-state index contributed by atoms with van der Waals surface area (Å²) in [7, 11) is 1.81.